The van der Waals surface area contributed by atoms with E-state index in [-0.39, 0.29) is 5.92 Å². The number of rotatable bonds is 3. The van der Waals surface area contributed by atoms with Gasteiger partial charge in [-0.2, -0.15) is 0 Å². The average molecular weight is 355 g/mol. The van der Waals surface area contributed by atoms with Crippen molar-refractivity contribution in [2.75, 3.05) is 6.54 Å². The molecule has 1 aliphatic heterocycles. The average Bonchev–Trinajstić information content (AvgIpc) is 2.97. The van der Waals surface area contributed by atoms with Gasteiger partial charge in [-0.3, -0.25) is 4.90 Å². The number of carboxylic acid groups (broad SMARTS) is 1. The summed E-state index contributed by atoms with van der Waals surface area (Å²) in [7, 11) is 0. The molecular formula is C21H25NO4. The van der Waals surface area contributed by atoms with Crippen molar-refractivity contribution in [3.8, 4) is 0 Å². The molecule has 1 heterocycles. The van der Waals surface area contributed by atoms with E-state index in [0.717, 1.165) is 12.0 Å². The van der Waals surface area contributed by atoms with E-state index < -0.39 is 23.7 Å². The Bertz CT molecular complexity index is 824. The van der Waals surface area contributed by atoms with Gasteiger partial charge < -0.3 is 9.84 Å². The van der Waals surface area contributed by atoms with Crippen molar-refractivity contribution in [3.63, 3.8) is 0 Å². The first-order valence-corrected chi connectivity index (χ1v) is 8.93. The van der Waals surface area contributed by atoms with E-state index in [1.807, 2.05) is 12.1 Å². The molecule has 0 bridgehead atoms. The summed E-state index contributed by atoms with van der Waals surface area (Å²) in [6.07, 6.45) is 0.640. The van der Waals surface area contributed by atoms with E-state index >= 15 is 0 Å². The molecule has 1 fully saturated rings. The topological polar surface area (TPSA) is 66.8 Å². The molecule has 0 spiro atoms. The largest absolute Gasteiger partial charge is 0.480 e. The maximum atomic E-state index is 12.4. The summed E-state index contributed by atoms with van der Waals surface area (Å²) in [5, 5.41) is 11.9. The standard InChI is InChI=1S/C21H25NO4/c1-21(2,3)26-20(25)22-13-15(12-18(22)19(23)24)10-14-8-9-16-6-4-5-7-17(16)11-14/h4-9,11,15,18H,10,12-13H2,1-3H3,(H,23,24)/t15-,18+/m0/s1. The minimum atomic E-state index is -0.975. The second-order valence-electron chi connectivity index (χ2n) is 7.97. The highest BCUT2D eigenvalue weighted by Crippen LogP contribution is 2.29. The summed E-state index contributed by atoms with van der Waals surface area (Å²) < 4.78 is 5.38. The molecule has 138 valence electrons. The molecule has 3 rings (SSSR count). The minimum Gasteiger partial charge on any atom is -0.480 e. The molecule has 0 aliphatic carbocycles. The molecule has 0 unspecified atom stereocenters. The van der Waals surface area contributed by atoms with Crippen molar-refractivity contribution in [3.05, 3.63) is 48.0 Å². The Morgan fingerprint density at radius 3 is 2.50 bits per heavy atom. The van der Waals surface area contributed by atoms with Gasteiger partial charge in [0.25, 0.3) is 0 Å². The Morgan fingerprint density at radius 1 is 1.15 bits per heavy atom. The SMILES string of the molecule is CC(C)(C)OC(=O)N1C[C@@H](Cc2ccc3ccccc3c2)C[C@@H]1C(=O)O. The number of benzene rings is 2. The number of carbonyl (C=O) groups excluding carboxylic acids is 1. The number of hydrogen-bond donors (Lipinski definition) is 1. The van der Waals surface area contributed by atoms with Gasteiger partial charge in [-0.1, -0.05) is 42.5 Å². The van der Waals surface area contributed by atoms with E-state index in [4.69, 9.17) is 4.74 Å². The lowest BCUT2D eigenvalue weighted by Gasteiger charge is -2.26. The highest BCUT2D eigenvalue weighted by Gasteiger charge is 2.41. The van der Waals surface area contributed by atoms with E-state index in [1.54, 1.807) is 20.8 Å². The van der Waals surface area contributed by atoms with Crippen LogP contribution in [-0.2, 0) is 16.0 Å². The van der Waals surface area contributed by atoms with Gasteiger partial charge >= 0.3 is 12.1 Å². The Hall–Kier alpha value is -2.56. The molecule has 1 N–H and O–H groups in total. The van der Waals surface area contributed by atoms with Crippen LogP contribution in [-0.4, -0.2) is 40.3 Å². The molecular weight excluding hydrogens is 330 g/mol. The number of amides is 1. The van der Waals surface area contributed by atoms with E-state index in [9.17, 15) is 14.7 Å². The van der Waals surface area contributed by atoms with Crippen molar-refractivity contribution >= 4 is 22.8 Å². The number of carboxylic acids is 1. The maximum absolute atomic E-state index is 12.4. The molecule has 26 heavy (non-hydrogen) atoms. The summed E-state index contributed by atoms with van der Waals surface area (Å²) in [5.74, 6) is -0.873. The van der Waals surface area contributed by atoms with Crippen LogP contribution in [0.1, 0.15) is 32.8 Å². The van der Waals surface area contributed by atoms with Gasteiger partial charge in [-0.05, 0) is 55.9 Å². The molecule has 0 aromatic heterocycles. The first-order valence-electron chi connectivity index (χ1n) is 8.93. The van der Waals surface area contributed by atoms with Gasteiger partial charge in [-0.15, -0.1) is 0 Å². The summed E-state index contributed by atoms with van der Waals surface area (Å²) in [6, 6.07) is 13.6. The third kappa shape index (κ3) is 4.15. The van der Waals surface area contributed by atoms with E-state index in [2.05, 4.69) is 30.3 Å². The lowest BCUT2D eigenvalue weighted by Crippen LogP contribution is -2.43. The normalized spacial score (nSPS) is 20.3. The third-order valence-electron chi connectivity index (χ3n) is 4.64. The van der Waals surface area contributed by atoms with E-state index in [0.29, 0.717) is 13.0 Å². The number of carbonyl (C=O) groups is 2. The number of aliphatic carboxylic acids is 1. The van der Waals surface area contributed by atoms with Crippen LogP contribution < -0.4 is 0 Å². The third-order valence-corrected chi connectivity index (χ3v) is 4.64. The second-order valence-corrected chi connectivity index (χ2v) is 7.97. The number of hydrogen-bond acceptors (Lipinski definition) is 3. The van der Waals surface area contributed by atoms with Gasteiger partial charge in [0.1, 0.15) is 11.6 Å². The molecule has 2 atom stereocenters. The quantitative estimate of drug-likeness (QED) is 0.900. The fourth-order valence-electron chi connectivity index (χ4n) is 3.53. The Labute approximate surface area is 153 Å². The zero-order valence-corrected chi connectivity index (χ0v) is 15.4. The van der Waals surface area contributed by atoms with Crippen molar-refractivity contribution in [1.82, 2.24) is 4.90 Å². The Morgan fingerprint density at radius 2 is 1.85 bits per heavy atom. The predicted molar refractivity (Wildman–Crippen MR) is 100 cm³/mol. The van der Waals surface area contributed by atoms with Gasteiger partial charge in [0.05, 0.1) is 0 Å². The van der Waals surface area contributed by atoms with E-state index in [1.165, 1.54) is 15.7 Å². The van der Waals surface area contributed by atoms with Crippen molar-refractivity contribution < 1.29 is 19.4 Å². The van der Waals surface area contributed by atoms with Gasteiger partial charge in [0.15, 0.2) is 0 Å². The molecule has 2 aromatic rings. The summed E-state index contributed by atoms with van der Waals surface area (Å²) in [6.45, 7) is 5.74. The summed E-state index contributed by atoms with van der Waals surface area (Å²) in [4.78, 5) is 25.4. The van der Waals surface area contributed by atoms with Crippen molar-refractivity contribution in [2.24, 2.45) is 5.92 Å². The molecule has 5 heteroatoms. The fraction of sp³-hybridized carbons (Fsp3) is 0.429. The van der Waals surface area contributed by atoms with Crippen LogP contribution >= 0.6 is 0 Å². The van der Waals surface area contributed by atoms with Crippen LogP contribution in [0.25, 0.3) is 10.8 Å². The van der Waals surface area contributed by atoms with Gasteiger partial charge in [-0.25, -0.2) is 9.59 Å². The minimum absolute atomic E-state index is 0.102. The number of likely N-dealkylation sites (tertiary alicyclic amines) is 1. The first kappa shape index (κ1) is 18.2. The van der Waals surface area contributed by atoms with Gasteiger partial charge in [0.2, 0.25) is 0 Å². The van der Waals surface area contributed by atoms with Gasteiger partial charge in [0, 0.05) is 6.54 Å². The molecule has 1 saturated heterocycles. The predicted octanol–water partition coefficient (Wildman–Crippen LogP) is 4.09. The molecule has 1 aliphatic rings. The molecule has 2 aromatic carbocycles. The van der Waals surface area contributed by atoms with Crippen LogP contribution in [0.2, 0.25) is 0 Å². The van der Waals surface area contributed by atoms with Crippen molar-refractivity contribution in [2.45, 2.75) is 45.3 Å². The summed E-state index contributed by atoms with van der Waals surface area (Å²) in [5.41, 5.74) is 0.514. The number of ether oxygens (including phenoxy) is 1. The highest BCUT2D eigenvalue weighted by atomic mass is 16.6. The zero-order chi connectivity index (χ0) is 18.9. The molecule has 1 amide bonds. The van der Waals surface area contributed by atoms with Crippen LogP contribution in [0.15, 0.2) is 42.5 Å². The number of nitrogens with zero attached hydrogens (tertiary/aromatic N) is 1. The highest BCUT2D eigenvalue weighted by molar-refractivity contribution is 5.83. The van der Waals surface area contributed by atoms with Crippen LogP contribution in [0, 0.1) is 5.92 Å². The fourth-order valence-corrected chi connectivity index (χ4v) is 3.53. The second kappa shape index (κ2) is 6.98. The Kier molecular flexibility index (Phi) is 4.90. The van der Waals surface area contributed by atoms with Crippen LogP contribution in [0.5, 0.6) is 0 Å². The zero-order valence-electron chi connectivity index (χ0n) is 15.4. The number of fused-ring (bicyclic) bond motifs is 1. The van der Waals surface area contributed by atoms with Crippen LogP contribution in [0.4, 0.5) is 4.79 Å². The Balaban J connectivity index is 1.74. The molecule has 0 radical (unpaired) electrons. The monoisotopic (exact) mass is 355 g/mol. The lowest BCUT2D eigenvalue weighted by atomic mass is 9.95. The smallest absolute Gasteiger partial charge is 0.411 e. The van der Waals surface area contributed by atoms with Crippen LogP contribution in [0.3, 0.4) is 0 Å². The summed E-state index contributed by atoms with van der Waals surface area (Å²) >= 11 is 0. The molecule has 0 saturated carbocycles. The lowest BCUT2D eigenvalue weighted by molar-refractivity contribution is -0.142. The van der Waals surface area contributed by atoms with Crippen molar-refractivity contribution in [1.29, 1.82) is 0 Å². The maximum Gasteiger partial charge on any atom is 0.411 e. The molecule has 5 nitrogen and oxygen atoms in total. The first-order chi connectivity index (χ1) is 12.2.